The predicted molar refractivity (Wildman–Crippen MR) is 110 cm³/mol. The average molecular weight is 396 g/mol. The number of aromatic nitrogens is 1. The molecule has 0 bridgehead atoms. The first-order chi connectivity index (χ1) is 14.0. The molecule has 1 aromatic heterocycles. The van der Waals surface area contributed by atoms with Crippen molar-refractivity contribution in [2.75, 3.05) is 19.7 Å². The van der Waals surface area contributed by atoms with Gasteiger partial charge in [0.05, 0.1) is 12.2 Å². The van der Waals surface area contributed by atoms with Crippen LogP contribution in [0.25, 0.3) is 10.9 Å². The van der Waals surface area contributed by atoms with Crippen molar-refractivity contribution in [3.05, 3.63) is 65.6 Å². The highest BCUT2D eigenvalue weighted by molar-refractivity contribution is 5.98. The second-order valence-electron chi connectivity index (χ2n) is 7.55. The van der Waals surface area contributed by atoms with Crippen molar-refractivity contribution in [1.82, 2.24) is 9.88 Å². The highest BCUT2D eigenvalue weighted by Gasteiger charge is 2.33. The lowest BCUT2D eigenvalue weighted by atomic mass is 9.87. The standard InChI is InChI=1S/C23H25FN2O3/c1-2-29-19-8-9-20-16(14-19)15-21(25-20)22(27)26-12-3-10-23(28,11-13-26)17-4-6-18(24)7-5-17/h4-9,14-15,25,28H,2-3,10-13H2,1H3/t23-/m1/s1. The van der Waals surface area contributed by atoms with Crippen LogP contribution in [0.4, 0.5) is 4.39 Å². The molecule has 0 aliphatic carbocycles. The van der Waals surface area contributed by atoms with Crippen LogP contribution in [0, 0.1) is 5.82 Å². The summed E-state index contributed by atoms with van der Waals surface area (Å²) < 4.78 is 18.8. The van der Waals surface area contributed by atoms with Gasteiger partial charge in [0.1, 0.15) is 17.3 Å². The van der Waals surface area contributed by atoms with Crippen LogP contribution < -0.4 is 4.74 Å². The molecule has 0 radical (unpaired) electrons. The summed E-state index contributed by atoms with van der Waals surface area (Å²) in [6.07, 6.45) is 1.63. The van der Waals surface area contributed by atoms with Gasteiger partial charge in [0.2, 0.25) is 0 Å². The van der Waals surface area contributed by atoms with Gasteiger partial charge in [-0.15, -0.1) is 0 Å². The van der Waals surface area contributed by atoms with Gasteiger partial charge in [0, 0.05) is 24.0 Å². The summed E-state index contributed by atoms with van der Waals surface area (Å²) in [5.74, 6) is 0.369. The Hall–Kier alpha value is -2.86. The number of fused-ring (bicyclic) bond motifs is 1. The Morgan fingerprint density at radius 1 is 1.17 bits per heavy atom. The third-order valence-electron chi connectivity index (χ3n) is 5.62. The molecule has 1 amide bonds. The number of rotatable bonds is 4. The fourth-order valence-corrected chi connectivity index (χ4v) is 4.02. The zero-order valence-electron chi connectivity index (χ0n) is 16.5. The Balaban J connectivity index is 1.51. The Bertz CT molecular complexity index is 1010. The number of carbonyl (C=O) groups is 1. The van der Waals surface area contributed by atoms with Gasteiger partial charge < -0.3 is 19.7 Å². The summed E-state index contributed by atoms with van der Waals surface area (Å²) in [6, 6.07) is 13.5. The number of ether oxygens (including phenoxy) is 1. The molecule has 2 heterocycles. The van der Waals surface area contributed by atoms with Gasteiger partial charge in [-0.3, -0.25) is 4.79 Å². The number of H-pyrrole nitrogens is 1. The number of amides is 1. The van der Waals surface area contributed by atoms with Crippen molar-refractivity contribution in [2.45, 2.75) is 31.8 Å². The Morgan fingerprint density at radius 2 is 1.97 bits per heavy atom. The number of benzene rings is 2. The largest absolute Gasteiger partial charge is 0.494 e. The lowest BCUT2D eigenvalue weighted by Gasteiger charge is -2.27. The van der Waals surface area contributed by atoms with Crippen LogP contribution >= 0.6 is 0 Å². The van der Waals surface area contributed by atoms with Gasteiger partial charge in [-0.1, -0.05) is 12.1 Å². The van der Waals surface area contributed by atoms with E-state index in [1.165, 1.54) is 12.1 Å². The van der Waals surface area contributed by atoms with Crippen molar-refractivity contribution in [1.29, 1.82) is 0 Å². The van der Waals surface area contributed by atoms with Crippen molar-refractivity contribution in [3.8, 4) is 5.75 Å². The molecule has 0 saturated carbocycles. The van der Waals surface area contributed by atoms with Gasteiger partial charge in [-0.05, 0) is 68.1 Å². The van der Waals surface area contributed by atoms with Gasteiger partial charge in [0.25, 0.3) is 5.91 Å². The summed E-state index contributed by atoms with van der Waals surface area (Å²) >= 11 is 0. The van der Waals surface area contributed by atoms with Crippen LogP contribution in [-0.4, -0.2) is 40.6 Å². The van der Waals surface area contributed by atoms with Crippen LogP contribution in [0.5, 0.6) is 5.75 Å². The molecule has 1 atom stereocenters. The number of aromatic amines is 1. The van der Waals surface area contributed by atoms with E-state index in [4.69, 9.17) is 4.74 Å². The molecule has 0 unspecified atom stereocenters. The third kappa shape index (κ3) is 3.98. The van der Waals surface area contributed by atoms with E-state index in [2.05, 4.69) is 4.98 Å². The molecule has 1 saturated heterocycles. The van der Waals surface area contributed by atoms with Crippen LogP contribution in [0.3, 0.4) is 0 Å². The second kappa shape index (κ2) is 7.87. The molecular formula is C23H25FN2O3. The highest BCUT2D eigenvalue weighted by Crippen LogP contribution is 2.33. The fraction of sp³-hybridized carbons (Fsp3) is 0.348. The predicted octanol–water partition coefficient (Wildman–Crippen LogP) is 4.22. The minimum atomic E-state index is -1.05. The first-order valence-corrected chi connectivity index (χ1v) is 10.0. The third-order valence-corrected chi connectivity index (χ3v) is 5.62. The van der Waals surface area contributed by atoms with E-state index >= 15 is 0 Å². The van der Waals surface area contributed by atoms with Crippen LogP contribution in [0.2, 0.25) is 0 Å². The molecule has 6 heteroatoms. The molecule has 1 fully saturated rings. The number of likely N-dealkylation sites (tertiary alicyclic amines) is 1. The second-order valence-corrected chi connectivity index (χ2v) is 7.55. The topological polar surface area (TPSA) is 65.6 Å². The first-order valence-electron chi connectivity index (χ1n) is 10.0. The molecule has 4 rings (SSSR count). The molecule has 2 N–H and O–H groups in total. The van der Waals surface area contributed by atoms with E-state index in [0.717, 1.165) is 16.7 Å². The summed E-state index contributed by atoms with van der Waals surface area (Å²) in [5, 5.41) is 12.0. The van der Waals surface area contributed by atoms with Crippen LogP contribution in [0.15, 0.2) is 48.5 Å². The van der Waals surface area contributed by atoms with E-state index in [1.54, 1.807) is 17.0 Å². The monoisotopic (exact) mass is 396 g/mol. The molecule has 29 heavy (non-hydrogen) atoms. The van der Waals surface area contributed by atoms with Gasteiger partial charge in [-0.2, -0.15) is 0 Å². The lowest BCUT2D eigenvalue weighted by Crippen LogP contribution is -2.33. The number of halogens is 1. The molecule has 3 aromatic rings. The Morgan fingerprint density at radius 3 is 2.72 bits per heavy atom. The summed E-state index contributed by atoms with van der Waals surface area (Å²) in [6.45, 7) is 3.53. The summed E-state index contributed by atoms with van der Waals surface area (Å²) in [5.41, 5.74) is 1.06. The van der Waals surface area contributed by atoms with Gasteiger partial charge in [0.15, 0.2) is 0 Å². The number of carbonyl (C=O) groups excluding carboxylic acids is 1. The van der Waals surface area contributed by atoms with E-state index < -0.39 is 5.60 Å². The number of aliphatic hydroxyl groups is 1. The van der Waals surface area contributed by atoms with E-state index in [-0.39, 0.29) is 11.7 Å². The van der Waals surface area contributed by atoms with Crippen molar-refractivity contribution < 1.29 is 19.0 Å². The molecule has 152 valence electrons. The first kappa shape index (κ1) is 19.5. The molecular weight excluding hydrogens is 371 g/mol. The summed E-state index contributed by atoms with van der Waals surface area (Å²) in [7, 11) is 0. The maximum absolute atomic E-state index is 13.2. The zero-order valence-corrected chi connectivity index (χ0v) is 16.5. The Kier molecular flexibility index (Phi) is 5.28. The number of hydrogen-bond acceptors (Lipinski definition) is 3. The zero-order chi connectivity index (χ0) is 20.4. The molecule has 1 aliphatic heterocycles. The van der Waals surface area contributed by atoms with Crippen LogP contribution in [-0.2, 0) is 5.60 Å². The van der Waals surface area contributed by atoms with Gasteiger partial charge >= 0.3 is 0 Å². The fourth-order valence-electron chi connectivity index (χ4n) is 4.02. The smallest absolute Gasteiger partial charge is 0.270 e. The number of nitrogens with one attached hydrogen (secondary N) is 1. The lowest BCUT2D eigenvalue weighted by molar-refractivity contribution is 0.0212. The normalized spacial score (nSPS) is 19.9. The maximum atomic E-state index is 13.2. The minimum absolute atomic E-state index is 0.0810. The van der Waals surface area contributed by atoms with E-state index in [0.29, 0.717) is 50.2 Å². The Labute approximate surface area is 169 Å². The SMILES string of the molecule is CCOc1ccc2[nH]c(C(=O)N3CCC[C@](O)(c4ccc(F)cc4)CC3)cc2c1. The minimum Gasteiger partial charge on any atom is -0.494 e. The molecule has 2 aromatic carbocycles. The summed E-state index contributed by atoms with van der Waals surface area (Å²) in [4.78, 5) is 18.0. The number of hydrogen-bond donors (Lipinski definition) is 2. The van der Waals surface area contributed by atoms with Crippen LogP contribution in [0.1, 0.15) is 42.2 Å². The van der Waals surface area contributed by atoms with Crippen molar-refractivity contribution >= 4 is 16.8 Å². The average Bonchev–Trinajstić information content (AvgIpc) is 3.03. The van der Waals surface area contributed by atoms with E-state index in [9.17, 15) is 14.3 Å². The van der Waals surface area contributed by atoms with Gasteiger partial charge in [-0.25, -0.2) is 4.39 Å². The quantitative estimate of drug-likeness (QED) is 0.694. The maximum Gasteiger partial charge on any atom is 0.270 e. The molecule has 5 nitrogen and oxygen atoms in total. The van der Waals surface area contributed by atoms with Crippen molar-refractivity contribution in [2.24, 2.45) is 0 Å². The molecule has 1 aliphatic rings. The molecule has 0 spiro atoms. The highest BCUT2D eigenvalue weighted by atomic mass is 19.1. The number of nitrogens with zero attached hydrogens (tertiary/aromatic N) is 1. The van der Waals surface area contributed by atoms with E-state index in [1.807, 2.05) is 31.2 Å². The van der Waals surface area contributed by atoms with Crippen molar-refractivity contribution in [3.63, 3.8) is 0 Å².